The predicted octanol–water partition coefficient (Wildman–Crippen LogP) is 6.64. The van der Waals surface area contributed by atoms with E-state index in [4.69, 9.17) is 14.5 Å². The van der Waals surface area contributed by atoms with Crippen molar-refractivity contribution in [2.24, 2.45) is 5.92 Å². The van der Waals surface area contributed by atoms with E-state index in [1.807, 2.05) is 30.3 Å². The molecule has 0 saturated carbocycles. The van der Waals surface area contributed by atoms with Gasteiger partial charge in [0.15, 0.2) is 0 Å². The van der Waals surface area contributed by atoms with E-state index >= 15 is 0 Å². The number of amides is 2. The summed E-state index contributed by atoms with van der Waals surface area (Å²) in [7, 11) is -4.12. The largest absolute Gasteiger partial charge is 0.481 e. The van der Waals surface area contributed by atoms with Crippen LogP contribution in [0.4, 0.5) is 10.5 Å². The lowest BCUT2D eigenvalue weighted by Gasteiger charge is -2.37. The number of ether oxygens (including phenoxy) is 2. The monoisotopic (exact) mass is 869 g/mol. The standard InChI is InChI=1S/C47H43N5O10S/c1-4-47(36-23-39-42-32(21-31-13-8-9-16-37(31)49-42)25-52(39)43(55)35(36)26-61-45(47)57)62-44(56)41(27(2)3)50-46(58)48-33-15-10-14-30(22-33)28-17-19-34(20-18-28)63(59,60)51-38(24-40(53)54)29-11-6-5-7-12-29/h5-23,27,38,41,51H,4,24-26H2,1-3H3,(H,53,54)(H2,48,50,58)/t38?,41-,47?/m0/s1. The van der Waals surface area contributed by atoms with Crippen molar-refractivity contribution in [2.45, 2.75) is 69.3 Å². The van der Waals surface area contributed by atoms with Crippen LogP contribution in [0.3, 0.4) is 0 Å². The Morgan fingerprint density at radius 3 is 2.35 bits per heavy atom. The molecule has 2 unspecified atom stereocenters. The minimum atomic E-state index is -4.12. The summed E-state index contributed by atoms with van der Waals surface area (Å²) in [5.41, 5.74) is 2.82. The van der Waals surface area contributed by atoms with E-state index in [-0.39, 0.29) is 41.2 Å². The number of rotatable bonds is 13. The lowest BCUT2D eigenvalue weighted by atomic mass is 9.85. The third-order valence-electron chi connectivity index (χ3n) is 11.4. The molecule has 6 aromatic rings. The SMILES string of the molecule is CCC1(OC(=O)[C@@H](NC(=O)Nc2cccc(-c3ccc(S(=O)(=O)NC(CC(=O)O)c4ccccc4)cc3)c2)C(C)C)C(=O)OCc2c1cc1n(c2=O)Cc2cc3ccccc3nc2-1. The minimum absolute atomic E-state index is 0.0579. The summed E-state index contributed by atoms with van der Waals surface area (Å²) in [6, 6.07) is 29.5. The zero-order chi connectivity index (χ0) is 44.6. The minimum Gasteiger partial charge on any atom is -0.481 e. The van der Waals surface area contributed by atoms with Crippen LogP contribution in [0.25, 0.3) is 33.4 Å². The number of cyclic esters (lactones) is 1. The fourth-order valence-electron chi connectivity index (χ4n) is 8.07. The van der Waals surface area contributed by atoms with Gasteiger partial charge in [0.2, 0.25) is 15.6 Å². The number of carboxylic acid groups (broad SMARTS) is 1. The van der Waals surface area contributed by atoms with Crippen molar-refractivity contribution >= 4 is 50.6 Å². The van der Waals surface area contributed by atoms with Crippen molar-refractivity contribution in [1.29, 1.82) is 0 Å². The van der Waals surface area contributed by atoms with Crippen molar-refractivity contribution in [2.75, 3.05) is 5.32 Å². The van der Waals surface area contributed by atoms with Gasteiger partial charge < -0.3 is 29.8 Å². The van der Waals surface area contributed by atoms with Gasteiger partial charge in [0, 0.05) is 22.2 Å². The number of nitrogens with one attached hydrogen (secondary N) is 3. The van der Waals surface area contributed by atoms with Crippen LogP contribution in [-0.2, 0) is 52.6 Å². The molecule has 4 heterocycles. The molecule has 0 fully saturated rings. The first-order chi connectivity index (χ1) is 30.2. The molecule has 2 aliphatic rings. The molecule has 0 aliphatic carbocycles. The van der Waals surface area contributed by atoms with Crippen LogP contribution in [-0.4, -0.2) is 53.1 Å². The van der Waals surface area contributed by atoms with Gasteiger partial charge in [-0.3, -0.25) is 9.59 Å². The Morgan fingerprint density at radius 1 is 0.905 bits per heavy atom. The number of benzene rings is 4. The first-order valence-corrected chi connectivity index (χ1v) is 21.8. The van der Waals surface area contributed by atoms with E-state index in [0.717, 1.165) is 16.5 Å². The van der Waals surface area contributed by atoms with E-state index < -0.39 is 64.0 Å². The Hall–Kier alpha value is -7.17. The average molecular weight is 870 g/mol. The number of carbonyl (C=O) groups is 4. The Labute approximate surface area is 362 Å². The summed E-state index contributed by atoms with van der Waals surface area (Å²) < 4.78 is 42.3. The molecule has 0 spiro atoms. The molecule has 2 aromatic heterocycles. The number of pyridine rings is 2. The van der Waals surface area contributed by atoms with Crippen LogP contribution in [0.1, 0.15) is 61.9 Å². The molecule has 0 saturated heterocycles. The number of para-hydroxylation sites is 1. The number of anilines is 1. The van der Waals surface area contributed by atoms with E-state index in [9.17, 15) is 37.5 Å². The van der Waals surface area contributed by atoms with E-state index in [1.165, 1.54) is 12.1 Å². The number of carbonyl (C=O) groups excluding carboxylic acids is 3. The highest BCUT2D eigenvalue weighted by Gasteiger charge is 2.51. The first kappa shape index (κ1) is 42.5. The molecule has 63 heavy (non-hydrogen) atoms. The Balaban J connectivity index is 0.982. The third kappa shape index (κ3) is 8.29. The highest BCUT2D eigenvalue weighted by atomic mass is 32.2. The van der Waals surface area contributed by atoms with Gasteiger partial charge in [-0.25, -0.2) is 32.5 Å². The zero-order valence-corrected chi connectivity index (χ0v) is 35.3. The van der Waals surface area contributed by atoms with Gasteiger partial charge in [-0.15, -0.1) is 0 Å². The predicted molar refractivity (Wildman–Crippen MR) is 233 cm³/mol. The molecule has 0 bridgehead atoms. The second-order valence-electron chi connectivity index (χ2n) is 15.8. The Morgan fingerprint density at radius 2 is 1.63 bits per heavy atom. The molecule has 4 N–H and O–H groups in total. The van der Waals surface area contributed by atoms with Crippen LogP contribution in [0, 0.1) is 5.92 Å². The van der Waals surface area contributed by atoms with Gasteiger partial charge in [0.1, 0.15) is 12.6 Å². The Bertz CT molecular complexity index is 2970. The fourth-order valence-corrected chi connectivity index (χ4v) is 9.29. The van der Waals surface area contributed by atoms with Crippen molar-refractivity contribution in [1.82, 2.24) is 19.6 Å². The van der Waals surface area contributed by atoms with Crippen molar-refractivity contribution in [3.05, 3.63) is 148 Å². The quantitative estimate of drug-likeness (QED) is 0.0903. The number of aliphatic carboxylic acids is 1. The van der Waals surface area contributed by atoms with Gasteiger partial charge in [0.25, 0.3) is 5.56 Å². The maximum atomic E-state index is 14.1. The van der Waals surface area contributed by atoms with Gasteiger partial charge in [-0.1, -0.05) is 93.6 Å². The molecule has 15 nitrogen and oxygen atoms in total. The van der Waals surface area contributed by atoms with Crippen LogP contribution < -0.4 is 20.9 Å². The topological polar surface area (TPSA) is 212 Å². The molecular weight excluding hydrogens is 827 g/mol. The molecular formula is C47H43N5O10S. The molecule has 8 rings (SSSR count). The summed E-state index contributed by atoms with van der Waals surface area (Å²) >= 11 is 0. The van der Waals surface area contributed by atoms with Gasteiger partial charge in [-0.05, 0) is 71.5 Å². The van der Waals surface area contributed by atoms with Crippen LogP contribution >= 0.6 is 0 Å². The number of sulfonamides is 1. The van der Waals surface area contributed by atoms with E-state index in [2.05, 4.69) is 15.4 Å². The average Bonchev–Trinajstić information content (AvgIpc) is 3.63. The molecule has 2 aliphatic heterocycles. The van der Waals surface area contributed by atoms with Crippen LogP contribution in [0.2, 0.25) is 0 Å². The molecule has 16 heteroatoms. The highest BCUT2D eigenvalue weighted by molar-refractivity contribution is 7.89. The molecule has 2 amide bonds. The van der Waals surface area contributed by atoms with E-state index in [0.29, 0.717) is 33.8 Å². The van der Waals surface area contributed by atoms with Crippen molar-refractivity contribution < 1.29 is 42.2 Å². The Kier molecular flexibility index (Phi) is 11.4. The lowest BCUT2D eigenvalue weighted by molar-refractivity contribution is -0.191. The van der Waals surface area contributed by atoms with Gasteiger partial charge >= 0.3 is 23.9 Å². The van der Waals surface area contributed by atoms with E-state index in [1.54, 1.807) is 98.1 Å². The molecule has 3 atom stereocenters. The highest BCUT2D eigenvalue weighted by Crippen LogP contribution is 2.41. The van der Waals surface area contributed by atoms with Crippen LogP contribution in [0.15, 0.2) is 125 Å². The second kappa shape index (κ2) is 16.9. The third-order valence-corrected chi connectivity index (χ3v) is 12.9. The van der Waals surface area contributed by atoms with Gasteiger partial charge in [0.05, 0.1) is 46.4 Å². The summed E-state index contributed by atoms with van der Waals surface area (Å²) in [5, 5.41) is 15.8. The summed E-state index contributed by atoms with van der Waals surface area (Å²) in [4.78, 5) is 71.6. The lowest BCUT2D eigenvalue weighted by Crippen LogP contribution is -2.53. The first-order valence-electron chi connectivity index (χ1n) is 20.3. The van der Waals surface area contributed by atoms with Crippen LogP contribution in [0.5, 0.6) is 0 Å². The van der Waals surface area contributed by atoms with Crippen molar-refractivity contribution in [3.8, 4) is 22.5 Å². The summed E-state index contributed by atoms with van der Waals surface area (Å²) in [6.07, 6.45) is -0.510. The fraction of sp³-hybridized carbons (Fsp3) is 0.234. The normalized spacial score (nSPS) is 16.3. The zero-order valence-electron chi connectivity index (χ0n) is 34.5. The molecule has 4 aromatic carbocycles. The number of fused-ring (bicyclic) bond motifs is 5. The second-order valence-corrected chi connectivity index (χ2v) is 17.5. The van der Waals surface area contributed by atoms with Crippen molar-refractivity contribution in [3.63, 3.8) is 0 Å². The number of hydrogen-bond acceptors (Lipinski definition) is 10. The number of hydrogen-bond donors (Lipinski definition) is 4. The number of carboxylic acids is 1. The maximum absolute atomic E-state index is 14.1. The number of aromatic nitrogens is 2. The maximum Gasteiger partial charge on any atom is 0.355 e. The molecule has 0 radical (unpaired) electrons. The molecule has 322 valence electrons. The smallest absolute Gasteiger partial charge is 0.355 e. The summed E-state index contributed by atoms with van der Waals surface area (Å²) in [5.74, 6) is -3.41. The number of esters is 2. The number of urea groups is 1. The summed E-state index contributed by atoms with van der Waals surface area (Å²) in [6.45, 7) is 5.05. The number of nitrogens with zero attached hydrogens (tertiary/aromatic N) is 2. The van der Waals surface area contributed by atoms with Gasteiger partial charge in [-0.2, -0.15) is 0 Å².